The molecule has 0 saturated carbocycles. The van der Waals surface area contributed by atoms with E-state index in [-0.39, 0.29) is 5.56 Å². The Labute approximate surface area is 91.3 Å². The van der Waals surface area contributed by atoms with Crippen LogP contribution in [0.3, 0.4) is 0 Å². The van der Waals surface area contributed by atoms with Crippen LogP contribution < -0.4 is 5.56 Å². The first-order chi connectivity index (χ1) is 7.65. The second-order valence-electron chi connectivity index (χ2n) is 3.33. The molecule has 0 fully saturated rings. The van der Waals surface area contributed by atoms with E-state index < -0.39 is 5.97 Å². The molecular weight excluding hydrogens is 208 g/mol. The number of hydrogen-bond acceptors (Lipinski definition) is 4. The first-order valence-corrected chi connectivity index (χ1v) is 4.68. The molecule has 1 aromatic heterocycles. The highest BCUT2D eigenvalue weighted by Gasteiger charge is 2.12. The van der Waals surface area contributed by atoms with Gasteiger partial charge in [-0.25, -0.2) is 9.48 Å². The molecule has 0 aliphatic carbocycles. The summed E-state index contributed by atoms with van der Waals surface area (Å²) in [6.07, 6.45) is 1.49. The predicted molar refractivity (Wildman–Crippen MR) is 58.3 cm³/mol. The fraction of sp³-hybridized carbons (Fsp3) is 0.182. The van der Waals surface area contributed by atoms with Crippen molar-refractivity contribution in [1.29, 1.82) is 0 Å². The van der Waals surface area contributed by atoms with Gasteiger partial charge in [0, 0.05) is 12.4 Å². The van der Waals surface area contributed by atoms with Gasteiger partial charge in [-0.05, 0) is 12.1 Å². The summed E-state index contributed by atoms with van der Waals surface area (Å²) in [5, 5.41) is 4.85. The first kappa shape index (κ1) is 10.4. The standard InChI is InChI=1S/C11H10N2O3/c1-13-10(14)7-4-3-5-8(11(15)16-2)9(7)6-12-13/h3-6H,1-2H3. The van der Waals surface area contributed by atoms with Gasteiger partial charge in [0.05, 0.1) is 24.3 Å². The zero-order valence-electron chi connectivity index (χ0n) is 8.93. The van der Waals surface area contributed by atoms with Crippen LogP contribution in [0.4, 0.5) is 0 Å². The number of fused-ring (bicyclic) bond motifs is 1. The minimum Gasteiger partial charge on any atom is -0.465 e. The van der Waals surface area contributed by atoms with Crippen molar-refractivity contribution in [1.82, 2.24) is 9.78 Å². The molecular formula is C11H10N2O3. The molecule has 16 heavy (non-hydrogen) atoms. The first-order valence-electron chi connectivity index (χ1n) is 4.68. The molecule has 1 aromatic carbocycles. The van der Waals surface area contributed by atoms with E-state index in [1.165, 1.54) is 18.0 Å². The molecule has 1 heterocycles. The lowest BCUT2D eigenvalue weighted by molar-refractivity contribution is 0.0603. The van der Waals surface area contributed by atoms with E-state index in [1.807, 2.05) is 0 Å². The molecule has 2 rings (SSSR count). The van der Waals surface area contributed by atoms with Crippen LogP contribution in [0.1, 0.15) is 10.4 Å². The lowest BCUT2D eigenvalue weighted by Gasteiger charge is -2.04. The summed E-state index contributed by atoms with van der Waals surface area (Å²) in [4.78, 5) is 23.2. The molecule has 0 unspecified atom stereocenters. The molecule has 82 valence electrons. The molecule has 0 radical (unpaired) electrons. The van der Waals surface area contributed by atoms with Gasteiger partial charge in [0.1, 0.15) is 0 Å². The van der Waals surface area contributed by atoms with Crippen LogP contribution in [-0.4, -0.2) is 22.9 Å². The number of rotatable bonds is 1. The quantitative estimate of drug-likeness (QED) is 0.662. The number of carbonyl (C=O) groups excluding carboxylic acids is 1. The third-order valence-electron chi connectivity index (χ3n) is 2.40. The second kappa shape index (κ2) is 3.77. The van der Waals surface area contributed by atoms with Crippen LogP contribution in [0, 0.1) is 0 Å². The minimum atomic E-state index is -0.472. The molecule has 5 heteroatoms. The normalized spacial score (nSPS) is 10.4. The zero-order chi connectivity index (χ0) is 11.7. The summed E-state index contributed by atoms with van der Waals surface area (Å²) in [6, 6.07) is 4.91. The van der Waals surface area contributed by atoms with E-state index in [1.54, 1.807) is 25.2 Å². The van der Waals surface area contributed by atoms with E-state index in [2.05, 4.69) is 9.84 Å². The molecule has 0 aliphatic rings. The Hall–Kier alpha value is -2.17. The Morgan fingerprint density at radius 2 is 2.12 bits per heavy atom. The van der Waals surface area contributed by atoms with Crippen molar-refractivity contribution in [3.63, 3.8) is 0 Å². The number of nitrogens with zero attached hydrogens (tertiary/aromatic N) is 2. The van der Waals surface area contributed by atoms with E-state index in [4.69, 9.17) is 0 Å². The highest BCUT2D eigenvalue weighted by molar-refractivity contribution is 6.03. The van der Waals surface area contributed by atoms with Crippen LogP contribution in [-0.2, 0) is 11.8 Å². The van der Waals surface area contributed by atoms with Crippen molar-refractivity contribution in [2.45, 2.75) is 0 Å². The molecule has 0 saturated heterocycles. The number of ether oxygens (including phenoxy) is 1. The van der Waals surface area contributed by atoms with Crippen LogP contribution in [0.15, 0.2) is 29.2 Å². The number of carbonyl (C=O) groups is 1. The molecule has 0 bridgehead atoms. The Bertz CT molecular complexity index is 616. The summed E-state index contributed by atoms with van der Waals surface area (Å²) >= 11 is 0. The largest absolute Gasteiger partial charge is 0.465 e. The van der Waals surface area contributed by atoms with Gasteiger partial charge in [-0.2, -0.15) is 5.10 Å². The fourth-order valence-corrected chi connectivity index (χ4v) is 1.55. The van der Waals surface area contributed by atoms with E-state index in [9.17, 15) is 9.59 Å². The summed E-state index contributed by atoms with van der Waals surface area (Å²) in [5.41, 5.74) is 0.119. The van der Waals surface area contributed by atoms with Gasteiger partial charge in [-0.3, -0.25) is 4.79 Å². The monoisotopic (exact) mass is 218 g/mol. The zero-order valence-corrected chi connectivity index (χ0v) is 8.93. The van der Waals surface area contributed by atoms with Gasteiger partial charge in [0.15, 0.2) is 0 Å². The maximum atomic E-state index is 11.7. The SMILES string of the molecule is COC(=O)c1cccc2c(=O)n(C)ncc12. The van der Waals surface area contributed by atoms with Gasteiger partial charge in [0.25, 0.3) is 5.56 Å². The lowest BCUT2D eigenvalue weighted by Crippen LogP contribution is -2.19. The minimum absolute atomic E-state index is 0.233. The predicted octanol–water partition coefficient (Wildman–Crippen LogP) is 0.720. The Morgan fingerprint density at radius 3 is 2.81 bits per heavy atom. The molecule has 0 N–H and O–H groups in total. The topological polar surface area (TPSA) is 61.2 Å². The van der Waals surface area contributed by atoms with Crippen molar-refractivity contribution in [3.05, 3.63) is 40.3 Å². The van der Waals surface area contributed by atoms with Crippen LogP contribution in [0.2, 0.25) is 0 Å². The van der Waals surface area contributed by atoms with Crippen molar-refractivity contribution < 1.29 is 9.53 Å². The van der Waals surface area contributed by atoms with Gasteiger partial charge in [-0.1, -0.05) is 6.07 Å². The van der Waals surface area contributed by atoms with E-state index >= 15 is 0 Å². The van der Waals surface area contributed by atoms with E-state index in [0.29, 0.717) is 16.3 Å². The summed E-state index contributed by atoms with van der Waals surface area (Å²) in [7, 11) is 2.86. The van der Waals surface area contributed by atoms with Crippen molar-refractivity contribution in [3.8, 4) is 0 Å². The van der Waals surface area contributed by atoms with Crippen LogP contribution in [0.25, 0.3) is 10.8 Å². The third-order valence-corrected chi connectivity index (χ3v) is 2.40. The maximum absolute atomic E-state index is 11.7. The Kier molecular flexibility index (Phi) is 2.44. The summed E-state index contributed by atoms with van der Waals surface area (Å²) in [5.74, 6) is -0.472. The average molecular weight is 218 g/mol. The van der Waals surface area contributed by atoms with Gasteiger partial charge >= 0.3 is 5.97 Å². The molecule has 0 atom stereocenters. The lowest BCUT2D eigenvalue weighted by atomic mass is 10.1. The molecule has 0 aliphatic heterocycles. The van der Waals surface area contributed by atoms with Crippen molar-refractivity contribution in [2.24, 2.45) is 7.05 Å². The molecule has 5 nitrogen and oxygen atoms in total. The number of aromatic nitrogens is 2. The number of aryl methyl sites for hydroxylation is 1. The summed E-state index contributed by atoms with van der Waals surface area (Å²) < 4.78 is 5.86. The second-order valence-corrected chi connectivity index (χ2v) is 3.33. The number of esters is 1. The van der Waals surface area contributed by atoms with Crippen LogP contribution in [0.5, 0.6) is 0 Å². The van der Waals surface area contributed by atoms with Gasteiger partial charge in [-0.15, -0.1) is 0 Å². The average Bonchev–Trinajstić information content (AvgIpc) is 2.32. The van der Waals surface area contributed by atoms with Crippen molar-refractivity contribution in [2.75, 3.05) is 7.11 Å². The maximum Gasteiger partial charge on any atom is 0.338 e. The number of benzene rings is 1. The summed E-state index contributed by atoms with van der Waals surface area (Å²) in [6.45, 7) is 0. The van der Waals surface area contributed by atoms with Gasteiger partial charge < -0.3 is 4.74 Å². The highest BCUT2D eigenvalue weighted by atomic mass is 16.5. The molecule has 0 spiro atoms. The number of methoxy groups -OCH3 is 1. The Morgan fingerprint density at radius 1 is 1.38 bits per heavy atom. The number of hydrogen-bond donors (Lipinski definition) is 0. The van der Waals surface area contributed by atoms with Crippen LogP contribution >= 0.6 is 0 Å². The highest BCUT2D eigenvalue weighted by Crippen LogP contribution is 2.15. The fourth-order valence-electron chi connectivity index (χ4n) is 1.55. The smallest absolute Gasteiger partial charge is 0.338 e. The van der Waals surface area contributed by atoms with Gasteiger partial charge in [0.2, 0.25) is 0 Å². The van der Waals surface area contributed by atoms with Crippen molar-refractivity contribution >= 4 is 16.7 Å². The molecule has 0 amide bonds. The Balaban J connectivity index is 2.85. The third kappa shape index (κ3) is 1.46. The van der Waals surface area contributed by atoms with E-state index in [0.717, 1.165) is 0 Å². The molecule has 2 aromatic rings.